The van der Waals surface area contributed by atoms with Gasteiger partial charge < -0.3 is 13.6 Å². The molecule has 0 saturated carbocycles. The molecule has 2 heterocycles. The Morgan fingerprint density at radius 2 is 2.29 bits per heavy atom. The summed E-state index contributed by atoms with van der Waals surface area (Å²) in [5, 5.41) is 0.815. The number of hydrogen-bond donors (Lipinski definition) is 0. The molecule has 0 amide bonds. The predicted molar refractivity (Wildman–Crippen MR) is 53.6 cm³/mol. The predicted octanol–water partition coefficient (Wildman–Crippen LogP) is 3.07. The third-order valence-corrected chi connectivity index (χ3v) is 2.38. The van der Waals surface area contributed by atoms with E-state index in [0.717, 1.165) is 10.7 Å². The van der Waals surface area contributed by atoms with Gasteiger partial charge in [0.05, 0.1) is 12.7 Å². The fraction of sp³-hybridized carbons (Fsp3) is 0.200. The van der Waals surface area contributed by atoms with E-state index in [0.29, 0.717) is 11.7 Å². The Bertz CT molecular complexity index is 376. The zero-order chi connectivity index (χ0) is 9.97. The molecule has 73 valence electrons. The molecule has 0 aliphatic rings. The molecule has 0 aliphatic heterocycles. The van der Waals surface area contributed by atoms with Gasteiger partial charge in [0.2, 0.25) is 0 Å². The average molecular weight is 209 g/mol. The van der Waals surface area contributed by atoms with Gasteiger partial charge in [-0.1, -0.05) is 11.8 Å². The second-order valence-corrected chi connectivity index (χ2v) is 3.42. The summed E-state index contributed by atoms with van der Waals surface area (Å²) in [7, 11) is 1.56. The zero-order valence-electron chi connectivity index (χ0n) is 7.87. The average Bonchev–Trinajstić information content (AvgIpc) is 2.86. The molecule has 1 radical (unpaired) electrons. The topological polar surface area (TPSA) is 35.5 Å². The Morgan fingerprint density at radius 3 is 2.86 bits per heavy atom. The third kappa shape index (κ3) is 1.65. The first kappa shape index (κ1) is 9.27. The van der Waals surface area contributed by atoms with Gasteiger partial charge in [0.15, 0.2) is 11.4 Å². The van der Waals surface area contributed by atoms with Crippen LogP contribution >= 0.6 is 11.8 Å². The fourth-order valence-electron chi connectivity index (χ4n) is 1.08. The van der Waals surface area contributed by atoms with Crippen LogP contribution < -0.4 is 4.74 Å². The van der Waals surface area contributed by atoms with E-state index in [1.165, 1.54) is 11.8 Å². The molecular weight excluding hydrogens is 200 g/mol. The Kier molecular flexibility index (Phi) is 2.54. The van der Waals surface area contributed by atoms with Gasteiger partial charge in [0.1, 0.15) is 5.76 Å². The molecule has 0 aromatic carbocycles. The molecule has 0 spiro atoms. The van der Waals surface area contributed by atoms with Crippen molar-refractivity contribution < 1.29 is 13.6 Å². The molecule has 2 aromatic heterocycles. The highest BCUT2D eigenvalue weighted by atomic mass is 32.2. The van der Waals surface area contributed by atoms with Crippen molar-refractivity contribution >= 4 is 11.8 Å². The van der Waals surface area contributed by atoms with Crippen molar-refractivity contribution in [3.8, 4) is 17.3 Å². The molecule has 0 N–H and O–H groups in total. The van der Waals surface area contributed by atoms with Crippen LogP contribution in [0.1, 0.15) is 0 Å². The lowest BCUT2D eigenvalue weighted by molar-refractivity contribution is 0.309. The van der Waals surface area contributed by atoms with Crippen molar-refractivity contribution in [1.29, 1.82) is 0 Å². The highest BCUT2D eigenvalue weighted by Crippen LogP contribution is 2.29. The van der Waals surface area contributed by atoms with Crippen molar-refractivity contribution in [3.63, 3.8) is 0 Å². The van der Waals surface area contributed by atoms with Gasteiger partial charge in [-0.25, -0.2) is 0 Å². The van der Waals surface area contributed by atoms with Crippen LogP contribution in [0.15, 0.2) is 32.1 Å². The molecule has 0 aliphatic carbocycles. The highest BCUT2D eigenvalue weighted by Gasteiger charge is 2.08. The van der Waals surface area contributed by atoms with Gasteiger partial charge in [-0.3, -0.25) is 0 Å². The van der Waals surface area contributed by atoms with Gasteiger partial charge in [-0.2, -0.15) is 0 Å². The van der Waals surface area contributed by atoms with Crippen molar-refractivity contribution in [2.75, 3.05) is 13.4 Å². The molecule has 0 atom stereocenters. The van der Waals surface area contributed by atoms with Gasteiger partial charge in [-0.15, -0.1) is 0 Å². The molecule has 0 unspecified atom stereocenters. The minimum Gasteiger partial charge on any atom is -0.468 e. The molecule has 0 fully saturated rings. The number of methoxy groups -OCH3 is 1. The first-order valence-corrected chi connectivity index (χ1v) is 5.25. The summed E-state index contributed by atoms with van der Waals surface area (Å²) in [6.07, 6.45) is 4.71. The second kappa shape index (κ2) is 3.84. The molecule has 2 aromatic rings. The van der Waals surface area contributed by atoms with Crippen molar-refractivity contribution in [2.24, 2.45) is 0 Å². The van der Waals surface area contributed by atoms with E-state index in [4.69, 9.17) is 13.6 Å². The maximum Gasteiger partial charge on any atom is 0.284 e. The first-order chi connectivity index (χ1) is 6.83. The summed E-state index contributed by atoms with van der Waals surface area (Å²) in [4.78, 5) is 0. The second-order valence-electron chi connectivity index (χ2n) is 2.61. The Morgan fingerprint density at radius 1 is 1.43 bits per heavy atom. The summed E-state index contributed by atoms with van der Waals surface area (Å²) < 4.78 is 15.4. The SMILES string of the molecule is COc1ccc(-c2[c]oc(SC)c2)o1. The quantitative estimate of drug-likeness (QED) is 0.728. The molecule has 2 rings (SSSR count). The van der Waals surface area contributed by atoms with Gasteiger partial charge in [0.25, 0.3) is 5.95 Å². The van der Waals surface area contributed by atoms with Crippen LogP contribution in [0.5, 0.6) is 5.95 Å². The van der Waals surface area contributed by atoms with Crippen molar-refractivity contribution in [3.05, 3.63) is 24.5 Å². The van der Waals surface area contributed by atoms with E-state index in [2.05, 4.69) is 6.26 Å². The molecule has 3 nitrogen and oxygen atoms in total. The maximum absolute atomic E-state index is 5.35. The molecule has 0 saturated heterocycles. The summed E-state index contributed by atoms with van der Waals surface area (Å²) in [6, 6.07) is 5.46. The molecule has 4 heteroatoms. The lowest BCUT2D eigenvalue weighted by Crippen LogP contribution is -1.75. The van der Waals surface area contributed by atoms with Crippen LogP contribution in [0, 0.1) is 6.26 Å². The van der Waals surface area contributed by atoms with Gasteiger partial charge in [-0.05, 0) is 12.3 Å². The largest absolute Gasteiger partial charge is 0.468 e. The minimum absolute atomic E-state index is 0.486. The summed E-state index contributed by atoms with van der Waals surface area (Å²) in [5.41, 5.74) is 0.803. The van der Waals surface area contributed by atoms with E-state index < -0.39 is 0 Å². The number of hydrogen-bond acceptors (Lipinski definition) is 4. The van der Waals surface area contributed by atoms with Crippen LogP contribution in [0.25, 0.3) is 11.3 Å². The van der Waals surface area contributed by atoms with E-state index >= 15 is 0 Å². The molecule has 0 bridgehead atoms. The van der Waals surface area contributed by atoms with Crippen LogP contribution in [-0.4, -0.2) is 13.4 Å². The van der Waals surface area contributed by atoms with Crippen molar-refractivity contribution in [1.82, 2.24) is 0 Å². The lowest BCUT2D eigenvalue weighted by Gasteiger charge is -1.90. The molecular formula is C10H9O3S. The summed E-state index contributed by atoms with van der Waals surface area (Å²) >= 11 is 1.53. The van der Waals surface area contributed by atoms with E-state index in [1.54, 1.807) is 13.2 Å². The maximum atomic E-state index is 5.35. The number of rotatable bonds is 3. The highest BCUT2D eigenvalue weighted by molar-refractivity contribution is 7.98. The monoisotopic (exact) mass is 209 g/mol. The Balaban J connectivity index is 2.29. The number of furan rings is 2. The standard InChI is InChI=1S/C10H9O3S/c1-11-9-4-3-8(13-9)7-5-10(14-2)12-6-7/h3-5H,1-2H3. The third-order valence-electron chi connectivity index (χ3n) is 1.77. The van der Waals surface area contributed by atoms with E-state index in [-0.39, 0.29) is 0 Å². The lowest BCUT2D eigenvalue weighted by atomic mass is 10.3. The van der Waals surface area contributed by atoms with Crippen LogP contribution in [0.4, 0.5) is 0 Å². The minimum atomic E-state index is 0.486. The van der Waals surface area contributed by atoms with Gasteiger partial charge in [0, 0.05) is 12.1 Å². The molecule has 14 heavy (non-hydrogen) atoms. The van der Waals surface area contributed by atoms with Crippen LogP contribution in [-0.2, 0) is 0 Å². The Hall–Kier alpha value is -1.29. The van der Waals surface area contributed by atoms with Crippen LogP contribution in [0.2, 0.25) is 0 Å². The first-order valence-electron chi connectivity index (χ1n) is 4.03. The summed E-state index contributed by atoms with van der Waals surface area (Å²) in [6.45, 7) is 0. The normalized spacial score (nSPS) is 10.4. The van der Waals surface area contributed by atoms with E-state index in [9.17, 15) is 0 Å². The number of thioether (sulfide) groups is 1. The Labute approximate surface area is 86.0 Å². The zero-order valence-corrected chi connectivity index (χ0v) is 8.68. The fourth-order valence-corrected chi connectivity index (χ4v) is 1.44. The summed E-state index contributed by atoms with van der Waals surface area (Å²) in [5.74, 6) is 1.19. The van der Waals surface area contributed by atoms with Gasteiger partial charge >= 0.3 is 0 Å². The van der Waals surface area contributed by atoms with Crippen LogP contribution in [0.3, 0.4) is 0 Å². The smallest absolute Gasteiger partial charge is 0.284 e. The van der Waals surface area contributed by atoms with E-state index in [1.807, 2.05) is 18.4 Å². The van der Waals surface area contributed by atoms with Crippen molar-refractivity contribution in [2.45, 2.75) is 5.09 Å². The number of ether oxygens (including phenoxy) is 1.